The SMILES string of the molecule is CCOC(=O)CC(O)CSC1CCOCC1. The topological polar surface area (TPSA) is 55.8 Å². The molecule has 1 fully saturated rings. The van der Waals surface area contributed by atoms with Gasteiger partial charge in [-0.05, 0) is 19.8 Å². The molecule has 0 amide bonds. The molecule has 1 saturated heterocycles. The fraction of sp³-hybridized carbons (Fsp3) is 0.909. The third kappa shape index (κ3) is 5.72. The lowest BCUT2D eigenvalue weighted by atomic mass is 10.2. The zero-order chi connectivity index (χ0) is 11.8. The lowest BCUT2D eigenvalue weighted by Crippen LogP contribution is -2.22. The molecule has 0 saturated carbocycles. The predicted molar refractivity (Wildman–Crippen MR) is 63.6 cm³/mol. The average Bonchev–Trinajstić information content (AvgIpc) is 2.28. The van der Waals surface area contributed by atoms with Crippen LogP contribution in [0, 0.1) is 0 Å². The van der Waals surface area contributed by atoms with E-state index in [1.165, 1.54) is 0 Å². The molecular formula is C11H20O4S. The third-order valence-electron chi connectivity index (χ3n) is 2.40. The lowest BCUT2D eigenvalue weighted by Gasteiger charge is -2.22. The van der Waals surface area contributed by atoms with Crippen LogP contribution in [0.5, 0.6) is 0 Å². The second kappa shape index (κ2) is 7.92. The number of ether oxygens (including phenoxy) is 2. The maximum absolute atomic E-state index is 11.1. The minimum Gasteiger partial charge on any atom is -0.466 e. The van der Waals surface area contributed by atoms with Crippen molar-refractivity contribution >= 4 is 17.7 Å². The van der Waals surface area contributed by atoms with E-state index in [0.29, 0.717) is 17.6 Å². The first-order chi connectivity index (χ1) is 7.72. The number of rotatable bonds is 6. The molecule has 0 aromatic rings. The van der Waals surface area contributed by atoms with Crippen molar-refractivity contribution in [2.45, 2.75) is 37.5 Å². The zero-order valence-electron chi connectivity index (χ0n) is 9.68. The first-order valence-corrected chi connectivity index (χ1v) is 6.80. The van der Waals surface area contributed by atoms with Crippen molar-refractivity contribution in [3.63, 3.8) is 0 Å². The highest BCUT2D eigenvalue weighted by Gasteiger charge is 2.17. The molecule has 1 unspecified atom stereocenters. The van der Waals surface area contributed by atoms with Gasteiger partial charge in [0.05, 0.1) is 19.1 Å². The minimum atomic E-state index is -0.591. The smallest absolute Gasteiger partial charge is 0.308 e. The Balaban J connectivity index is 2.08. The molecule has 0 spiro atoms. The molecule has 1 heterocycles. The Labute approximate surface area is 101 Å². The van der Waals surface area contributed by atoms with E-state index < -0.39 is 6.10 Å². The lowest BCUT2D eigenvalue weighted by molar-refractivity contribution is -0.144. The number of hydrogen-bond acceptors (Lipinski definition) is 5. The summed E-state index contributed by atoms with van der Waals surface area (Å²) in [6.07, 6.45) is 1.59. The van der Waals surface area contributed by atoms with E-state index in [0.717, 1.165) is 26.1 Å². The molecule has 0 aromatic heterocycles. The van der Waals surface area contributed by atoms with Gasteiger partial charge in [-0.3, -0.25) is 4.79 Å². The summed E-state index contributed by atoms with van der Waals surface area (Å²) in [7, 11) is 0. The Morgan fingerprint density at radius 2 is 2.25 bits per heavy atom. The van der Waals surface area contributed by atoms with Crippen LogP contribution in [-0.2, 0) is 14.3 Å². The van der Waals surface area contributed by atoms with Gasteiger partial charge in [0.1, 0.15) is 0 Å². The number of aliphatic hydroxyl groups is 1. The van der Waals surface area contributed by atoms with Crippen LogP contribution in [-0.4, -0.2) is 48.0 Å². The van der Waals surface area contributed by atoms with Crippen molar-refractivity contribution in [1.82, 2.24) is 0 Å². The summed E-state index contributed by atoms with van der Waals surface area (Å²) in [6, 6.07) is 0. The van der Waals surface area contributed by atoms with Crippen LogP contribution in [0.1, 0.15) is 26.2 Å². The second-order valence-electron chi connectivity index (χ2n) is 3.81. The van der Waals surface area contributed by atoms with Gasteiger partial charge in [-0.1, -0.05) is 0 Å². The molecule has 5 heteroatoms. The summed E-state index contributed by atoms with van der Waals surface area (Å²) >= 11 is 1.73. The summed E-state index contributed by atoms with van der Waals surface area (Å²) in [5.41, 5.74) is 0. The highest BCUT2D eigenvalue weighted by atomic mass is 32.2. The first-order valence-electron chi connectivity index (χ1n) is 5.75. The van der Waals surface area contributed by atoms with Crippen molar-refractivity contribution in [2.24, 2.45) is 0 Å². The van der Waals surface area contributed by atoms with Crippen molar-refractivity contribution in [3.05, 3.63) is 0 Å². The molecule has 0 aromatic carbocycles. The van der Waals surface area contributed by atoms with E-state index in [4.69, 9.17) is 9.47 Å². The fourth-order valence-electron chi connectivity index (χ4n) is 1.56. The van der Waals surface area contributed by atoms with Gasteiger partial charge in [0.25, 0.3) is 0 Å². The quantitative estimate of drug-likeness (QED) is 0.716. The van der Waals surface area contributed by atoms with Gasteiger partial charge in [-0.2, -0.15) is 11.8 Å². The van der Waals surface area contributed by atoms with Gasteiger partial charge in [-0.15, -0.1) is 0 Å². The molecule has 1 atom stereocenters. The predicted octanol–water partition coefficient (Wildman–Crippen LogP) is 1.21. The summed E-state index contributed by atoms with van der Waals surface area (Å²) in [5, 5.41) is 10.2. The van der Waals surface area contributed by atoms with Gasteiger partial charge in [-0.25, -0.2) is 0 Å². The van der Waals surface area contributed by atoms with Gasteiger partial charge in [0, 0.05) is 24.2 Å². The number of esters is 1. The zero-order valence-corrected chi connectivity index (χ0v) is 10.5. The van der Waals surface area contributed by atoms with Crippen molar-refractivity contribution in [3.8, 4) is 0 Å². The van der Waals surface area contributed by atoms with E-state index in [1.54, 1.807) is 18.7 Å². The fourth-order valence-corrected chi connectivity index (χ4v) is 2.70. The minimum absolute atomic E-state index is 0.101. The molecule has 1 aliphatic heterocycles. The summed E-state index contributed by atoms with van der Waals surface area (Å²) in [6.45, 7) is 3.76. The Hall–Kier alpha value is -0.260. The Bertz CT molecular complexity index is 204. The Morgan fingerprint density at radius 3 is 2.88 bits per heavy atom. The average molecular weight is 248 g/mol. The largest absolute Gasteiger partial charge is 0.466 e. The number of thioether (sulfide) groups is 1. The second-order valence-corrected chi connectivity index (χ2v) is 5.14. The van der Waals surface area contributed by atoms with Gasteiger partial charge in [0.15, 0.2) is 0 Å². The molecular weight excluding hydrogens is 228 g/mol. The van der Waals surface area contributed by atoms with E-state index in [2.05, 4.69) is 0 Å². The van der Waals surface area contributed by atoms with Crippen LogP contribution in [0.15, 0.2) is 0 Å². The molecule has 16 heavy (non-hydrogen) atoms. The van der Waals surface area contributed by atoms with E-state index in [9.17, 15) is 9.90 Å². The number of carbonyl (C=O) groups excluding carboxylic acids is 1. The molecule has 0 aliphatic carbocycles. The van der Waals surface area contributed by atoms with Crippen LogP contribution in [0.25, 0.3) is 0 Å². The molecule has 1 rings (SSSR count). The number of carbonyl (C=O) groups is 1. The monoisotopic (exact) mass is 248 g/mol. The maximum atomic E-state index is 11.1. The van der Waals surface area contributed by atoms with Crippen LogP contribution >= 0.6 is 11.8 Å². The molecule has 0 radical (unpaired) electrons. The van der Waals surface area contributed by atoms with Crippen LogP contribution in [0.3, 0.4) is 0 Å². The molecule has 1 N–H and O–H groups in total. The van der Waals surface area contributed by atoms with Gasteiger partial charge in [0.2, 0.25) is 0 Å². The molecule has 0 bridgehead atoms. The van der Waals surface area contributed by atoms with Gasteiger partial charge >= 0.3 is 5.97 Å². The van der Waals surface area contributed by atoms with Crippen molar-refractivity contribution in [1.29, 1.82) is 0 Å². The van der Waals surface area contributed by atoms with Crippen LogP contribution < -0.4 is 0 Å². The van der Waals surface area contributed by atoms with E-state index >= 15 is 0 Å². The van der Waals surface area contributed by atoms with Gasteiger partial charge < -0.3 is 14.6 Å². The third-order valence-corrected chi connectivity index (χ3v) is 3.92. The van der Waals surface area contributed by atoms with Crippen LogP contribution in [0.4, 0.5) is 0 Å². The maximum Gasteiger partial charge on any atom is 0.308 e. The van der Waals surface area contributed by atoms with Crippen molar-refractivity contribution in [2.75, 3.05) is 25.6 Å². The number of hydrogen-bond donors (Lipinski definition) is 1. The van der Waals surface area contributed by atoms with E-state index in [1.807, 2.05) is 0 Å². The molecule has 1 aliphatic rings. The summed E-state index contributed by atoms with van der Waals surface area (Å²) in [4.78, 5) is 11.1. The Morgan fingerprint density at radius 1 is 1.56 bits per heavy atom. The standard InChI is InChI=1S/C11H20O4S/c1-2-15-11(13)7-9(12)8-16-10-3-5-14-6-4-10/h9-10,12H,2-8H2,1H3. The number of aliphatic hydroxyl groups excluding tert-OH is 1. The Kier molecular flexibility index (Phi) is 6.84. The summed E-state index contributed by atoms with van der Waals surface area (Å²) < 4.78 is 10.0. The molecule has 94 valence electrons. The first kappa shape index (κ1) is 13.8. The highest BCUT2D eigenvalue weighted by Crippen LogP contribution is 2.23. The summed E-state index contributed by atoms with van der Waals surface area (Å²) in [5.74, 6) is 0.284. The van der Waals surface area contributed by atoms with Crippen molar-refractivity contribution < 1.29 is 19.4 Å². The highest BCUT2D eigenvalue weighted by molar-refractivity contribution is 7.99. The normalized spacial score (nSPS) is 19.4. The van der Waals surface area contributed by atoms with E-state index in [-0.39, 0.29) is 12.4 Å². The van der Waals surface area contributed by atoms with Crippen LogP contribution in [0.2, 0.25) is 0 Å². The molecule has 4 nitrogen and oxygen atoms in total.